The first kappa shape index (κ1) is 16.7. The van der Waals surface area contributed by atoms with Gasteiger partial charge in [-0.3, -0.25) is 4.79 Å². The lowest BCUT2D eigenvalue weighted by Gasteiger charge is -2.34. The van der Waals surface area contributed by atoms with Crippen molar-refractivity contribution in [3.63, 3.8) is 0 Å². The second-order valence-electron chi connectivity index (χ2n) is 5.45. The molecule has 0 aromatic rings. The standard InChI is InChI=1S/C13H26N2O.ClH/c1-10-5-4-6-12(9-10)15(3)13(16)8-7-11(2)14;/h10-12H,4-9,14H2,1-3H3;1H. The van der Waals surface area contributed by atoms with Crippen LogP contribution in [0.4, 0.5) is 0 Å². The lowest BCUT2D eigenvalue weighted by Crippen LogP contribution is -2.40. The highest BCUT2D eigenvalue weighted by Crippen LogP contribution is 2.27. The van der Waals surface area contributed by atoms with Crippen LogP contribution >= 0.6 is 12.4 Å². The Morgan fingerprint density at radius 2 is 2.12 bits per heavy atom. The molecule has 0 aliphatic heterocycles. The number of carbonyl (C=O) groups is 1. The van der Waals surface area contributed by atoms with Crippen molar-refractivity contribution in [3.8, 4) is 0 Å². The molecule has 3 atom stereocenters. The maximum atomic E-state index is 11.9. The molecule has 0 heterocycles. The SMILES string of the molecule is CC(N)CCC(=O)N(C)C1CCCC(C)C1.Cl. The summed E-state index contributed by atoms with van der Waals surface area (Å²) in [5.74, 6) is 1.03. The molecular weight excluding hydrogens is 236 g/mol. The predicted octanol–water partition coefficient (Wildman–Crippen LogP) is 2.57. The molecule has 1 rings (SSSR count). The third-order valence-corrected chi connectivity index (χ3v) is 3.66. The van der Waals surface area contributed by atoms with E-state index in [9.17, 15) is 4.79 Å². The van der Waals surface area contributed by atoms with Gasteiger partial charge in [0.2, 0.25) is 5.91 Å². The van der Waals surface area contributed by atoms with Crippen molar-refractivity contribution in [1.82, 2.24) is 4.90 Å². The monoisotopic (exact) mass is 262 g/mol. The molecule has 0 aromatic carbocycles. The summed E-state index contributed by atoms with van der Waals surface area (Å²) in [6.45, 7) is 4.24. The Balaban J connectivity index is 0.00000256. The van der Waals surface area contributed by atoms with Crippen molar-refractivity contribution >= 4 is 18.3 Å². The zero-order valence-corrected chi connectivity index (χ0v) is 12.1. The number of amides is 1. The largest absolute Gasteiger partial charge is 0.343 e. The number of nitrogens with zero attached hydrogens (tertiary/aromatic N) is 1. The normalized spacial score (nSPS) is 25.9. The summed E-state index contributed by atoms with van der Waals surface area (Å²) in [7, 11) is 1.95. The van der Waals surface area contributed by atoms with Crippen molar-refractivity contribution in [2.45, 2.75) is 64.5 Å². The van der Waals surface area contributed by atoms with E-state index in [4.69, 9.17) is 5.73 Å². The van der Waals surface area contributed by atoms with Crippen LogP contribution in [0.15, 0.2) is 0 Å². The molecule has 102 valence electrons. The molecule has 0 saturated heterocycles. The van der Waals surface area contributed by atoms with Gasteiger partial charge < -0.3 is 10.6 Å². The Morgan fingerprint density at radius 1 is 1.47 bits per heavy atom. The summed E-state index contributed by atoms with van der Waals surface area (Å²) >= 11 is 0. The second kappa shape index (κ2) is 7.93. The minimum absolute atomic E-state index is 0. The zero-order valence-electron chi connectivity index (χ0n) is 11.3. The fourth-order valence-electron chi connectivity index (χ4n) is 2.48. The lowest BCUT2D eigenvalue weighted by atomic mass is 9.86. The molecule has 3 nitrogen and oxygen atoms in total. The average Bonchev–Trinajstić information content (AvgIpc) is 2.24. The van der Waals surface area contributed by atoms with E-state index in [1.807, 2.05) is 18.9 Å². The lowest BCUT2D eigenvalue weighted by molar-refractivity contribution is -0.133. The van der Waals surface area contributed by atoms with Gasteiger partial charge in [-0.05, 0) is 32.1 Å². The number of rotatable bonds is 4. The van der Waals surface area contributed by atoms with Crippen molar-refractivity contribution in [3.05, 3.63) is 0 Å². The molecule has 1 amide bonds. The van der Waals surface area contributed by atoms with Gasteiger partial charge in [0.1, 0.15) is 0 Å². The fourth-order valence-corrected chi connectivity index (χ4v) is 2.48. The van der Waals surface area contributed by atoms with E-state index in [1.165, 1.54) is 25.7 Å². The van der Waals surface area contributed by atoms with Crippen LogP contribution < -0.4 is 5.73 Å². The first-order valence-electron chi connectivity index (χ1n) is 6.52. The van der Waals surface area contributed by atoms with Gasteiger partial charge in [-0.15, -0.1) is 12.4 Å². The Bertz CT molecular complexity index is 233. The van der Waals surface area contributed by atoms with Gasteiger partial charge >= 0.3 is 0 Å². The molecule has 1 fully saturated rings. The molecule has 1 aliphatic rings. The molecule has 2 N–H and O–H groups in total. The number of nitrogens with two attached hydrogens (primary N) is 1. The van der Waals surface area contributed by atoms with Gasteiger partial charge in [0.25, 0.3) is 0 Å². The summed E-state index contributed by atoms with van der Waals surface area (Å²) in [5.41, 5.74) is 5.67. The summed E-state index contributed by atoms with van der Waals surface area (Å²) in [6, 6.07) is 0.590. The minimum Gasteiger partial charge on any atom is -0.343 e. The van der Waals surface area contributed by atoms with Crippen molar-refractivity contribution in [2.24, 2.45) is 11.7 Å². The number of carbonyl (C=O) groups excluding carboxylic acids is 1. The maximum absolute atomic E-state index is 11.9. The predicted molar refractivity (Wildman–Crippen MR) is 74.3 cm³/mol. The quantitative estimate of drug-likeness (QED) is 0.847. The van der Waals surface area contributed by atoms with Crippen LogP contribution in [0.3, 0.4) is 0 Å². The van der Waals surface area contributed by atoms with Crippen LogP contribution in [-0.4, -0.2) is 29.9 Å². The van der Waals surface area contributed by atoms with E-state index in [0.717, 1.165) is 12.3 Å². The first-order chi connectivity index (χ1) is 7.50. The first-order valence-corrected chi connectivity index (χ1v) is 6.52. The van der Waals surface area contributed by atoms with E-state index >= 15 is 0 Å². The van der Waals surface area contributed by atoms with E-state index in [2.05, 4.69) is 6.92 Å². The van der Waals surface area contributed by atoms with E-state index in [-0.39, 0.29) is 24.4 Å². The number of hydrogen-bond donors (Lipinski definition) is 1. The Kier molecular flexibility index (Phi) is 7.80. The van der Waals surface area contributed by atoms with Crippen LogP contribution in [0, 0.1) is 5.92 Å². The highest BCUT2D eigenvalue weighted by Gasteiger charge is 2.25. The molecule has 17 heavy (non-hydrogen) atoms. The molecule has 4 heteroatoms. The van der Waals surface area contributed by atoms with Crippen LogP contribution in [0.1, 0.15) is 52.4 Å². The summed E-state index contributed by atoms with van der Waals surface area (Å²) in [5, 5.41) is 0. The zero-order chi connectivity index (χ0) is 12.1. The third kappa shape index (κ3) is 5.73. The minimum atomic E-state index is 0. The van der Waals surface area contributed by atoms with E-state index < -0.39 is 0 Å². The fraction of sp³-hybridized carbons (Fsp3) is 0.923. The van der Waals surface area contributed by atoms with Crippen molar-refractivity contribution in [2.75, 3.05) is 7.05 Å². The summed E-state index contributed by atoms with van der Waals surface area (Å²) in [4.78, 5) is 13.9. The number of hydrogen-bond acceptors (Lipinski definition) is 2. The van der Waals surface area contributed by atoms with E-state index in [1.54, 1.807) is 0 Å². The molecule has 0 bridgehead atoms. The molecule has 0 aromatic heterocycles. The Hall–Kier alpha value is -0.280. The maximum Gasteiger partial charge on any atom is 0.222 e. The molecule has 1 saturated carbocycles. The second-order valence-corrected chi connectivity index (χ2v) is 5.45. The van der Waals surface area contributed by atoms with Gasteiger partial charge in [-0.25, -0.2) is 0 Å². The van der Waals surface area contributed by atoms with E-state index in [0.29, 0.717) is 12.5 Å². The number of halogens is 1. The van der Waals surface area contributed by atoms with Crippen LogP contribution in [0.25, 0.3) is 0 Å². The van der Waals surface area contributed by atoms with Crippen LogP contribution in [-0.2, 0) is 4.79 Å². The van der Waals surface area contributed by atoms with Crippen molar-refractivity contribution in [1.29, 1.82) is 0 Å². The van der Waals surface area contributed by atoms with Gasteiger partial charge in [-0.2, -0.15) is 0 Å². The Labute approximate surface area is 112 Å². The van der Waals surface area contributed by atoms with Crippen LogP contribution in [0.5, 0.6) is 0 Å². The smallest absolute Gasteiger partial charge is 0.222 e. The molecule has 1 aliphatic carbocycles. The van der Waals surface area contributed by atoms with Crippen molar-refractivity contribution < 1.29 is 4.79 Å². The average molecular weight is 263 g/mol. The molecule has 0 spiro atoms. The Morgan fingerprint density at radius 3 is 2.65 bits per heavy atom. The third-order valence-electron chi connectivity index (χ3n) is 3.66. The highest BCUT2D eigenvalue weighted by molar-refractivity contribution is 5.85. The summed E-state index contributed by atoms with van der Waals surface area (Å²) in [6.07, 6.45) is 6.31. The molecule has 3 unspecified atom stereocenters. The van der Waals surface area contributed by atoms with Crippen LogP contribution in [0.2, 0.25) is 0 Å². The van der Waals surface area contributed by atoms with Gasteiger partial charge in [0, 0.05) is 25.6 Å². The molecule has 0 radical (unpaired) electrons. The van der Waals surface area contributed by atoms with Gasteiger partial charge in [-0.1, -0.05) is 19.8 Å². The van der Waals surface area contributed by atoms with Gasteiger partial charge in [0.05, 0.1) is 0 Å². The summed E-state index contributed by atoms with van der Waals surface area (Å²) < 4.78 is 0. The highest BCUT2D eigenvalue weighted by atomic mass is 35.5. The topological polar surface area (TPSA) is 46.3 Å². The van der Waals surface area contributed by atoms with Gasteiger partial charge in [0.15, 0.2) is 0 Å². The molecular formula is C13H27ClN2O.